The summed E-state index contributed by atoms with van der Waals surface area (Å²) >= 11 is 6.67. The van der Waals surface area contributed by atoms with Gasteiger partial charge in [0.05, 0.1) is 4.91 Å². The van der Waals surface area contributed by atoms with Crippen LogP contribution in [0.3, 0.4) is 0 Å². The number of aromatic hydroxyl groups is 1. The quantitative estimate of drug-likeness (QED) is 0.225. The molecule has 1 fully saturated rings. The summed E-state index contributed by atoms with van der Waals surface area (Å²) in [5, 5.41) is 12.1. The highest BCUT2D eigenvalue weighted by molar-refractivity contribution is 8.26. The van der Waals surface area contributed by atoms with Gasteiger partial charge in [0, 0.05) is 18.7 Å². The average Bonchev–Trinajstić information content (AvgIpc) is 3.12. The van der Waals surface area contributed by atoms with Gasteiger partial charge in [-0.2, -0.15) is 0 Å². The minimum absolute atomic E-state index is 0.136. The van der Waals surface area contributed by atoms with Gasteiger partial charge < -0.3 is 15.2 Å². The molecule has 0 spiro atoms. The van der Waals surface area contributed by atoms with Gasteiger partial charge >= 0.3 is 0 Å². The number of hydrogen-bond acceptors (Lipinski definition) is 6. The van der Waals surface area contributed by atoms with Gasteiger partial charge in [0.2, 0.25) is 5.91 Å². The Hall–Kier alpha value is -3.62. The Kier molecular flexibility index (Phi) is 8.18. The van der Waals surface area contributed by atoms with Crippen LogP contribution in [0.1, 0.15) is 24.0 Å². The number of anilines is 1. The van der Waals surface area contributed by atoms with Gasteiger partial charge in [-0.1, -0.05) is 66.4 Å². The molecule has 35 heavy (non-hydrogen) atoms. The van der Waals surface area contributed by atoms with E-state index in [1.54, 1.807) is 12.1 Å². The van der Waals surface area contributed by atoms with E-state index in [4.69, 9.17) is 17.0 Å². The molecule has 0 bridgehead atoms. The maximum absolute atomic E-state index is 12.9. The van der Waals surface area contributed by atoms with Gasteiger partial charge in [0.15, 0.2) is 0 Å². The van der Waals surface area contributed by atoms with E-state index in [2.05, 4.69) is 5.32 Å². The maximum Gasteiger partial charge on any atom is 0.266 e. The zero-order chi connectivity index (χ0) is 24.6. The standard InChI is InChI=1S/C27H24N2O4S2/c30-22-13-11-21(12-14-22)28-25(31)10-5-15-29-26(32)24(35-27(29)34)17-20-8-4-9-23(16-20)33-18-19-6-2-1-3-7-19/h1-4,6-9,11-14,16-17,30H,5,10,15,18H2,(H,28,31)/b24-17-. The predicted octanol–water partition coefficient (Wildman–Crippen LogP) is 5.59. The normalized spacial score (nSPS) is 14.4. The van der Waals surface area contributed by atoms with Gasteiger partial charge in [-0.25, -0.2) is 0 Å². The smallest absolute Gasteiger partial charge is 0.266 e. The minimum atomic E-state index is -0.163. The number of amides is 2. The molecule has 1 aliphatic heterocycles. The van der Waals surface area contributed by atoms with Gasteiger partial charge in [-0.3, -0.25) is 14.5 Å². The van der Waals surface area contributed by atoms with Crippen LogP contribution in [0.4, 0.5) is 5.69 Å². The Morgan fingerprint density at radius 3 is 2.60 bits per heavy atom. The van der Waals surface area contributed by atoms with Crippen LogP contribution in [0.15, 0.2) is 83.8 Å². The van der Waals surface area contributed by atoms with E-state index in [0.29, 0.717) is 34.5 Å². The van der Waals surface area contributed by atoms with Gasteiger partial charge in [0.1, 0.15) is 22.4 Å². The van der Waals surface area contributed by atoms with E-state index in [-0.39, 0.29) is 24.0 Å². The Balaban J connectivity index is 1.30. The SMILES string of the molecule is O=C(CCCN1C(=O)/C(=C/c2cccc(OCc3ccccc3)c2)SC1=S)Nc1ccc(O)cc1. The van der Waals surface area contributed by atoms with E-state index < -0.39 is 0 Å². The highest BCUT2D eigenvalue weighted by Gasteiger charge is 2.31. The van der Waals surface area contributed by atoms with Gasteiger partial charge in [0.25, 0.3) is 5.91 Å². The number of ether oxygens (including phenoxy) is 1. The highest BCUT2D eigenvalue weighted by atomic mass is 32.2. The lowest BCUT2D eigenvalue weighted by Crippen LogP contribution is -2.29. The number of nitrogens with zero attached hydrogens (tertiary/aromatic N) is 1. The zero-order valence-corrected chi connectivity index (χ0v) is 20.5. The molecule has 0 atom stereocenters. The molecule has 3 aromatic carbocycles. The highest BCUT2D eigenvalue weighted by Crippen LogP contribution is 2.33. The lowest BCUT2D eigenvalue weighted by Gasteiger charge is -2.14. The molecule has 3 aromatic rings. The molecule has 0 aliphatic carbocycles. The van der Waals surface area contributed by atoms with Crippen molar-refractivity contribution in [1.82, 2.24) is 4.90 Å². The second-order valence-electron chi connectivity index (χ2n) is 7.88. The van der Waals surface area contributed by atoms with Crippen LogP contribution in [0, 0.1) is 0 Å². The summed E-state index contributed by atoms with van der Waals surface area (Å²) in [4.78, 5) is 27.2. The molecule has 0 aromatic heterocycles. The van der Waals surface area contributed by atoms with Crippen LogP contribution < -0.4 is 10.1 Å². The number of rotatable bonds is 9. The third-order valence-electron chi connectivity index (χ3n) is 5.21. The number of phenolic OH excluding ortho intramolecular Hbond substituents is 1. The minimum Gasteiger partial charge on any atom is -0.508 e. The summed E-state index contributed by atoms with van der Waals surface area (Å²) in [6, 6.07) is 23.8. The Bertz CT molecular complexity index is 1240. The summed E-state index contributed by atoms with van der Waals surface area (Å²) in [5.74, 6) is 0.535. The van der Waals surface area contributed by atoms with Crippen molar-refractivity contribution < 1.29 is 19.4 Å². The van der Waals surface area contributed by atoms with Crippen molar-refractivity contribution >= 4 is 51.9 Å². The molecule has 0 radical (unpaired) electrons. The van der Waals surface area contributed by atoms with Gasteiger partial charge in [-0.15, -0.1) is 0 Å². The summed E-state index contributed by atoms with van der Waals surface area (Å²) in [5.41, 5.74) is 2.54. The van der Waals surface area contributed by atoms with Crippen molar-refractivity contribution in [3.8, 4) is 11.5 Å². The number of nitrogens with one attached hydrogen (secondary N) is 1. The van der Waals surface area contributed by atoms with Crippen LogP contribution in [-0.4, -0.2) is 32.7 Å². The first kappa shape index (κ1) is 24.5. The molecule has 8 heteroatoms. The Morgan fingerprint density at radius 1 is 1.06 bits per heavy atom. The first-order valence-electron chi connectivity index (χ1n) is 11.1. The number of carbonyl (C=O) groups is 2. The molecule has 0 saturated carbocycles. The second-order valence-corrected chi connectivity index (χ2v) is 9.55. The summed E-state index contributed by atoms with van der Waals surface area (Å²) in [7, 11) is 0. The van der Waals surface area contributed by atoms with Crippen LogP contribution >= 0.6 is 24.0 Å². The summed E-state index contributed by atoms with van der Waals surface area (Å²) < 4.78 is 6.37. The number of carbonyl (C=O) groups excluding carboxylic acids is 2. The maximum atomic E-state index is 12.9. The number of phenols is 1. The van der Waals surface area contributed by atoms with E-state index >= 15 is 0 Å². The lowest BCUT2D eigenvalue weighted by molar-refractivity contribution is -0.122. The predicted molar refractivity (Wildman–Crippen MR) is 143 cm³/mol. The van der Waals surface area contributed by atoms with Crippen molar-refractivity contribution in [2.45, 2.75) is 19.4 Å². The van der Waals surface area contributed by atoms with Gasteiger partial charge in [-0.05, 0) is 60.0 Å². The van der Waals surface area contributed by atoms with Crippen LogP contribution in [-0.2, 0) is 16.2 Å². The zero-order valence-electron chi connectivity index (χ0n) is 18.8. The Labute approximate surface area is 213 Å². The van der Waals surface area contributed by atoms with Crippen molar-refractivity contribution in [3.05, 3.63) is 94.9 Å². The molecule has 1 aliphatic rings. The number of hydrogen-bond donors (Lipinski definition) is 2. The van der Waals surface area contributed by atoms with Crippen molar-refractivity contribution in [3.63, 3.8) is 0 Å². The monoisotopic (exact) mass is 504 g/mol. The molecular weight excluding hydrogens is 480 g/mol. The van der Waals surface area contributed by atoms with Crippen LogP contribution in [0.5, 0.6) is 11.5 Å². The summed E-state index contributed by atoms with van der Waals surface area (Å²) in [6.45, 7) is 0.831. The fourth-order valence-electron chi connectivity index (χ4n) is 3.45. The molecule has 1 saturated heterocycles. The van der Waals surface area contributed by atoms with E-state index in [1.807, 2.05) is 60.7 Å². The van der Waals surface area contributed by atoms with Crippen LogP contribution in [0.25, 0.3) is 6.08 Å². The number of benzene rings is 3. The second kappa shape index (κ2) is 11.7. The molecular formula is C27H24N2O4S2. The molecule has 1 heterocycles. The number of thioether (sulfide) groups is 1. The fraction of sp³-hybridized carbons (Fsp3) is 0.148. The Morgan fingerprint density at radius 2 is 1.83 bits per heavy atom. The molecule has 6 nitrogen and oxygen atoms in total. The van der Waals surface area contributed by atoms with Crippen molar-refractivity contribution in [1.29, 1.82) is 0 Å². The van der Waals surface area contributed by atoms with Crippen LogP contribution in [0.2, 0.25) is 0 Å². The summed E-state index contributed by atoms with van der Waals surface area (Å²) in [6.07, 6.45) is 2.54. The third-order valence-corrected chi connectivity index (χ3v) is 6.59. The largest absolute Gasteiger partial charge is 0.508 e. The van der Waals surface area contributed by atoms with Crippen molar-refractivity contribution in [2.24, 2.45) is 0 Å². The topological polar surface area (TPSA) is 78.9 Å². The first-order chi connectivity index (χ1) is 17.0. The third kappa shape index (κ3) is 6.94. The van der Waals surface area contributed by atoms with E-state index in [9.17, 15) is 14.7 Å². The molecule has 178 valence electrons. The number of thiocarbonyl (C=S) groups is 1. The molecule has 2 N–H and O–H groups in total. The van der Waals surface area contributed by atoms with Crippen molar-refractivity contribution in [2.75, 3.05) is 11.9 Å². The molecule has 0 unspecified atom stereocenters. The average molecular weight is 505 g/mol. The first-order valence-corrected chi connectivity index (χ1v) is 12.3. The molecule has 2 amide bonds. The van der Waals surface area contributed by atoms with E-state index in [1.165, 1.54) is 28.8 Å². The fourth-order valence-corrected chi connectivity index (χ4v) is 4.75. The lowest BCUT2D eigenvalue weighted by atomic mass is 10.2. The molecule has 4 rings (SSSR count). The van der Waals surface area contributed by atoms with E-state index in [0.717, 1.165) is 16.9 Å².